The first-order valence-electron chi connectivity index (χ1n) is 9.42. The molecule has 0 spiro atoms. The molecule has 4 rings (SSSR count). The second kappa shape index (κ2) is 7.75. The maximum Gasteiger partial charge on any atom is 0.329 e. The van der Waals surface area contributed by atoms with Crippen LogP contribution < -0.4 is 15.5 Å². The summed E-state index contributed by atoms with van der Waals surface area (Å²) in [6.45, 7) is 2.25. The van der Waals surface area contributed by atoms with Crippen molar-refractivity contribution < 1.29 is 14.4 Å². The number of imide groups is 1. The fourth-order valence-corrected chi connectivity index (χ4v) is 3.47. The molecule has 0 radical (unpaired) electrons. The van der Waals surface area contributed by atoms with E-state index in [9.17, 15) is 14.4 Å². The molecular formula is C21H21N5O3. The van der Waals surface area contributed by atoms with Gasteiger partial charge in [0.05, 0.1) is 11.9 Å². The average Bonchev–Trinajstić information content (AvgIpc) is 3.26. The number of H-pyrrole nitrogens is 1. The SMILES string of the molecule is Cc1[nH]ncc1CNC(=O)CC[C@@H]1NC(=O)N(c2cccc3ccccc23)C1=O. The smallest absolute Gasteiger partial charge is 0.329 e. The Bertz CT molecular complexity index is 1090. The summed E-state index contributed by atoms with van der Waals surface area (Å²) in [6, 6.07) is 11.9. The molecule has 8 nitrogen and oxygen atoms in total. The van der Waals surface area contributed by atoms with Crippen LogP contribution in [0.2, 0.25) is 0 Å². The fourth-order valence-electron chi connectivity index (χ4n) is 3.47. The second-order valence-corrected chi connectivity index (χ2v) is 7.01. The Labute approximate surface area is 167 Å². The van der Waals surface area contributed by atoms with E-state index in [1.54, 1.807) is 12.3 Å². The topological polar surface area (TPSA) is 107 Å². The maximum atomic E-state index is 12.9. The van der Waals surface area contributed by atoms with Gasteiger partial charge in [-0.05, 0) is 24.8 Å². The minimum atomic E-state index is -0.720. The zero-order valence-electron chi connectivity index (χ0n) is 15.9. The predicted octanol–water partition coefficient (Wildman–Crippen LogP) is 2.39. The number of anilines is 1. The fraction of sp³-hybridized carbons (Fsp3) is 0.238. The highest BCUT2D eigenvalue weighted by molar-refractivity contribution is 6.24. The van der Waals surface area contributed by atoms with Gasteiger partial charge < -0.3 is 10.6 Å². The first kappa shape index (κ1) is 18.7. The van der Waals surface area contributed by atoms with Crippen molar-refractivity contribution in [3.63, 3.8) is 0 Å². The second-order valence-electron chi connectivity index (χ2n) is 7.01. The largest absolute Gasteiger partial charge is 0.352 e. The molecule has 4 amide bonds. The van der Waals surface area contributed by atoms with Crippen molar-refractivity contribution in [2.45, 2.75) is 32.4 Å². The lowest BCUT2D eigenvalue weighted by Gasteiger charge is -2.15. The van der Waals surface area contributed by atoms with Crippen LogP contribution in [0.25, 0.3) is 10.8 Å². The Morgan fingerprint density at radius 1 is 1.17 bits per heavy atom. The van der Waals surface area contributed by atoms with Crippen LogP contribution in [0.5, 0.6) is 0 Å². The van der Waals surface area contributed by atoms with Gasteiger partial charge in [-0.3, -0.25) is 14.7 Å². The number of amides is 4. The lowest BCUT2D eigenvalue weighted by molar-refractivity contribution is -0.122. The number of nitrogens with zero attached hydrogens (tertiary/aromatic N) is 2. The number of carbonyl (C=O) groups excluding carboxylic acids is 3. The molecule has 3 N–H and O–H groups in total. The lowest BCUT2D eigenvalue weighted by atomic mass is 10.1. The molecule has 1 saturated heterocycles. The molecule has 8 heteroatoms. The molecule has 3 aromatic rings. The minimum absolute atomic E-state index is 0.136. The van der Waals surface area contributed by atoms with Crippen molar-refractivity contribution in [1.29, 1.82) is 0 Å². The first-order valence-corrected chi connectivity index (χ1v) is 9.42. The van der Waals surface area contributed by atoms with E-state index in [0.717, 1.165) is 22.0 Å². The van der Waals surface area contributed by atoms with E-state index < -0.39 is 12.1 Å². The summed E-state index contributed by atoms with van der Waals surface area (Å²) in [4.78, 5) is 38.7. The van der Waals surface area contributed by atoms with Gasteiger partial charge in [0.25, 0.3) is 5.91 Å². The Hall–Kier alpha value is -3.68. The molecule has 1 fully saturated rings. The van der Waals surface area contributed by atoms with E-state index in [2.05, 4.69) is 20.8 Å². The molecule has 1 aromatic heterocycles. The number of rotatable bonds is 6. The summed E-state index contributed by atoms with van der Waals surface area (Å²) in [5, 5.41) is 14.0. The Balaban J connectivity index is 1.40. The van der Waals surface area contributed by atoms with Crippen molar-refractivity contribution in [1.82, 2.24) is 20.8 Å². The Kier molecular flexibility index (Phi) is 4.99. The van der Waals surface area contributed by atoms with E-state index in [0.29, 0.717) is 12.2 Å². The van der Waals surface area contributed by atoms with Gasteiger partial charge in [0.2, 0.25) is 5.91 Å². The summed E-state index contributed by atoms with van der Waals surface area (Å²) in [7, 11) is 0. The van der Waals surface area contributed by atoms with Crippen molar-refractivity contribution in [3.8, 4) is 0 Å². The van der Waals surface area contributed by atoms with Gasteiger partial charge in [0.15, 0.2) is 0 Å². The highest BCUT2D eigenvalue weighted by atomic mass is 16.2. The minimum Gasteiger partial charge on any atom is -0.352 e. The summed E-state index contributed by atoms with van der Waals surface area (Å²) in [5.41, 5.74) is 2.35. The summed E-state index contributed by atoms with van der Waals surface area (Å²) in [6.07, 6.45) is 2.04. The normalized spacial score (nSPS) is 16.3. The van der Waals surface area contributed by atoms with E-state index in [1.807, 2.05) is 43.3 Å². The summed E-state index contributed by atoms with van der Waals surface area (Å²) >= 11 is 0. The molecule has 0 saturated carbocycles. The third-order valence-electron chi connectivity index (χ3n) is 5.10. The van der Waals surface area contributed by atoms with Crippen LogP contribution >= 0.6 is 0 Å². The van der Waals surface area contributed by atoms with E-state index in [4.69, 9.17) is 0 Å². The van der Waals surface area contributed by atoms with Crippen LogP contribution in [0, 0.1) is 6.92 Å². The number of hydrogen-bond acceptors (Lipinski definition) is 4. The first-order chi connectivity index (χ1) is 14.0. The van der Waals surface area contributed by atoms with Gasteiger partial charge in [-0.15, -0.1) is 0 Å². The highest BCUT2D eigenvalue weighted by Crippen LogP contribution is 2.29. The number of aryl methyl sites for hydroxylation is 1. The molecule has 1 aliphatic rings. The number of fused-ring (bicyclic) bond motifs is 1. The highest BCUT2D eigenvalue weighted by Gasteiger charge is 2.39. The summed E-state index contributed by atoms with van der Waals surface area (Å²) in [5.74, 6) is -0.527. The Morgan fingerprint density at radius 3 is 2.76 bits per heavy atom. The molecule has 1 atom stereocenters. The quantitative estimate of drug-likeness (QED) is 0.561. The van der Waals surface area contributed by atoms with Gasteiger partial charge in [0.1, 0.15) is 6.04 Å². The average molecular weight is 391 g/mol. The molecule has 2 aromatic carbocycles. The van der Waals surface area contributed by atoms with Crippen LogP contribution in [0.15, 0.2) is 48.7 Å². The van der Waals surface area contributed by atoms with Gasteiger partial charge >= 0.3 is 6.03 Å². The number of benzene rings is 2. The van der Waals surface area contributed by atoms with Crippen LogP contribution in [-0.2, 0) is 16.1 Å². The van der Waals surface area contributed by atoms with Crippen LogP contribution in [0.4, 0.5) is 10.5 Å². The maximum absolute atomic E-state index is 12.9. The molecule has 2 heterocycles. The van der Waals surface area contributed by atoms with Crippen molar-refractivity contribution >= 4 is 34.3 Å². The zero-order valence-corrected chi connectivity index (χ0v) is 15.9. The third-order valence-corrected chi connectivity index (χ3v) is 5.10. The van der Waals surface area contributed by atoms with Crippen molar-refractivity contribution in [3.05, 3.63) is 59.9 Å². The van der Waals surface area contributed by atoms with Crippen molar-refractivity contribution in [2.75, 3.05) is 4.90 Å². The number of nitrogens with one attached hydrogen (secondary N) is 3. The standard InChI is InChI=1S/C21H21N5O3/c1-13-15(12-23-25-13)11-22-19(27)10-9-17-20(28)26(21(29)24-17)18-8-4-6-14-5-2-3-7-16(14)18/h2-8,12,17H,9-11H2,1H3,(H,22,27)(H,23,25)(H,24,29)/t17-/m0/s1. The van der Waals surface area contributed by atoms with Crippen molar-refractivity contribution in [2.24, 2.45) is 0 Å². The molecule has 29 heavy (non-hydrogen) atoms. The number of hydrogen-bond donors (Lipinski definition) is 3. The van der Waals surface area contributed by atoms with Gasteiger partial charge in [0, 0.05) is 29.6 Å². The van der Waals surface area contributed by atoms with E-state index >= 15 is 0 Å². The molecule has 0 unspecified atom stereocenters. The van der Waals surface area contributed by atoms with Gasteiger partial charge in [-0.1, -0.05) is 36.4 Å². The number of aromatic nitrogens is 2. The molecule has 0 aliphatic carbocycles. The molecule has 148 valence electrons. The Morgan fingerprint density at radius 2 is 1.97 bits per heavy atom. The zero-order chi connectivity index (χ0) is 20.4. The van der Waals surface area contributed by atoms with E-state index in [-0.39, 0.29) is 24.7 Å². The number of urea groups is 1. The van der Waals surface area contributed by atoms with Crippen LogP contribution in [-0.4, -0.2) is 34.1 Å². The van der Waals surface area contributed by atoms with Gasteiger partial charge in [-0.2, -0.15) is 5.10 Å². The van der Waals surface area contributed by atoms with Crippen LogP contribution in [0.3, 0.4) is 0 Å². The lowest BCUT2D eigenvalue weighted by Crippen LogP contribution is -2.32. The molecule has 0 bridgehead atoms. The van der Waals surface area contributed by atoms with Gasteiger partial charge in [-0.25, -0.2) is 9.69 Å². The molecule has 1 aliphatic heterocycles. The summed E-state index contributed by atoms with van der Waals surface area (Å²) < 4.78 is 0. The predicted molar refractivity (Wildman–Crippen MR) is 108 cm³/mol. The monoisotopic (exact) mass is 391 g/mol. The van der Waals surface area contributed by atoms with Crippen LogP contribution in [0.1, 0.15) is 24.1 Å². The third kappa shape index (κ3) is 3.69. The number of carbonyl (C=O) groups is 3. The van der Waals surface area contributed by atoms with E-state index in [1.165, 1.54) is 4.90 Å². The molecular weight excluding hydrogens is 370 g/mol. The number of aromatic amines is 1.